The lowest BCUT2D eigenvalue weighted by atomic mass is 10.1. The maximum absolute atomic E-state index is 11.0. The Labute approximate surface area is 125 Å². The fourth-order valence-corrected chi connectivity index (χ4v) is 1.64. The number of nitro groups is 1. The van der Waals surface area contributed by atoms with Crippen LogP contribution >= 0.6 is 0 Å². The first-order chi connectivity index (χ1) is 9.83. The number of ether oxygens (including phenoxy) is 1. The van der Waals surface area contributed by atoms with E-state index in [1.807, 2.05) is 0 Å². The largest absolute Gasteiger partial charge is 0.486 e. The molecule has 0 aliphatic heterocycles. The molecule has 0 heterocycles. The molecule has 0 spiro atoms. The van der Waals surface area contributed by atoms with Crippen molar-refractivity contribution in [2.45, 2.75) is 46.2 Å². The summed E-state index contributed by atoms with van der Waals surface area (Å²) in [5.41, 5.74) is 0.922. The van der Waals surface area contributed by atoms with Gasteiger partial charge in [-0.2, -0.15) is 0 Å². The molecule has 0 saturated carbocycles. The molecule has 5 heteroatoms. The van der Waals surface area contributed by atoms with Gasteiger partial charge in [-0.3, -0.25) is 10.1 Å². The number of rotatable bonds is 6. The van der Waals surface area contributed by atoms with E-state index in [0.29, 0.717) is 25.3 Å². The lowest BCUT2D eigenvalue weighted by molar-refractivity contribution is -0.385. The third-order valence-electron chi connectivity index (χ3n) is 2.71. The Morgan fingerprint density at radius 3 is 2.67 bits per heavy atom. The highest BCUT2D eigenvalue weighted by molar-refractivity contribution is 5.48. The van der Waals surface area contributed by atoms with Crippen LogP contribution in [0.1, 0.15) is 39.7 Å². The highest BCUT2D eigenvalue weighted by Crippen LogP contribution is 2.28. The molecule has 114 valence electrons. The van der Waals surface area contributed by atoms with Crippen molar-refractivity contribution in [3.05, 3.63) is 33.9 Å². The monoisotopic (exact) mass is 290 g/mol. The summed E-state index contributed by atoms with van der Waals surface area (Å²) in [7, 11) is 0. The summed E-state index contributed by atoms with van der Waals surface area (Å²) in [6.07, 6.45) is 0.554. The van der Waals surface area contributed by atoms with Crippen molar-refractivity contribution in [2.75, 3.05) is 6.61 Å². The highest BCUT2D eigenvalue weighted by Gasteiger charge is 2.16. The van der Waals surface area contributed by atoms with Crippen LogP contribution in [0.4, 0.5) is 5.69 Å². The molecule has 1 aromatic carbocycles. The molecule has 0 aliphatic carbocycles. The van der Waals surface area contributed by atoms with Gasteiger partial charge in [-0.1, -0.05) is 6.07 Å². The summed E-state index contributed by atoms with van der Waals surface area (Å²) < 4.78 is 5.50. The lowest BCUT2D eigenvalue weighted by Crippen LogP contribution is -2.35. The van der Waals surface area contributed by atoms with Crippen molar-refractivity contribution in [3.8, 4) is 17.6 Å². The summed E-state index contributed by atoms with van der Waals surface area (Å²) in [6.45, 7) is 8.93. The third kappa shape index (κ3) is 6.28. The van der Waals surface area contributed by atoms with E-state index < -0.39 is 4.92 Å². The second-order valence-corrected chi connectivity index (χ2v) is 5.69. The number of nitrogens with zero attached hydrogens (tertiary/aromatic N) is 1. The standard InChI is InChI=1S/C16H22N2O3/c1-5-6-7-10-21-15-11-13(12-17-16(2,3)4)8-9-14(15)18(19)20/h8-9,11,17H,7,10,12H2,1-4H3. The van der Waals surface area contributed by atoms with E-state index in [1.54, 1.807) is 19.1 Å². The van der Waals surface area contributed by atoms with Crippen molar-refractivity contribution in [1.82, 2.24) is 5.32 Å². The maximum atomic E-state index is 11.0. The zero-order chi connectivity index (χ0) is 15.9. The van der Waals surface area contributed by atoms with Crippen LogP contribution in [0.3, 0.4) is 0 Å². The minimum absolute atomic E-state index is 0.0144. The van der Waals surface area contributed by atoms with Crippen LogP contribution in [0, 0.1) is 22.0 Å². The fourth-order valence-electron chi connectivity index (χ4n) is 1.64. The van der Waals surface area contributed by atoms with Crippen LogP contribution in [0.15, 0.2) is 18.2 Å². The first-order valence-electron chi connectivity index (χ1n) is 6.88. The Morgan fingerprint density at radius 1 is 1.38 bits per heavy atom. The van der Waals surface area contributed by atoms with Gasteiger partial charge in [-0.05, 0) is 39.3 Å². The molecule has 0 bridgehead atoms. The summed E-state index contributed by atoms with van der Waals surface area (Å²) in [6, 6.07) is 4.95. The first kappa shape index (κ1) is 17.0. The molecule has 0 aromatic heterocycles. The number of nitrogens with one attached hydrogen (secondary N) is 1. The maximum Gasteiger partial charge on any atom is 0.310 e. The van der Waals surface area contributed by atoms with Gasteiger partial charge in [0.2, 0.25) is 0 Å². The molecule has 0 aliphatic rings. The van der Waals surface area contributed by atoms with Gasteiger partial charge in [-0.15, -0.1) is 11.8 Å². The molecule has 0 saturated heterocycles. The van der Waals surface area contributed by atoms with Crippen molar-refractivity contribution in [2.24, 2.45) is 0 Å². The molecule has 1 aromatic rings. The predicted molar refractivity (Wildman–Crippen MR) is 83.3 cm³/mol. The number of hydrogen-bond acceptors (Lipinski definition) is 4. The molecule has 0 amide bonds. The lowest BCUT2D eigenvalue weighted by Gasteiger charge is -2.20. The average Bonchev–Trinajstić information content (AvgIpc) is 2.40. The number of nitro benzene ring substituents is 1. The second-order valence-electron chi connectivity index (χ2n) is 5.69. The Balaban J connectivity index is 2.83. The highest BCUT2D eigenvalue weighted by atomic mass is 16.6. The Hall–Kier alpha value is -2.06. The summed E-state index contributed by atoms with van der Waals surface area (Å²) in [5.74, 6) is 5.93. The van der Waals surface area contributed by atoms with Crippen LogP contribution in [-0.4, -0.2) is 17.1 Å². The van der Waals surface area contributed by atoms with Crippen molar-refractivity contribution in [3.63, 3.8) is 0 Å². The van der Waals surface area contributed by atoms with Crippen molar-refractivity contribution in [1.29, 1.82) is 0 Å². The SMILES string of the molecule is CC#CCCOc1cc(CNC(C)(C)C)ccc1[N+](=O)[O-]. The van der Waals surface area contributed by atoms with Crippen molar-refractivity contribution < 1.29 is 9.66 Å². The second kappa shape index (κ2) is 7.65. The smallest absolute Gasteiger partial charge is 0.310 e. The van der Waals surface area contributed by atoms with Gasteiger partial charge in [0, 0.05) is 24.6 Å². The van der Waals surface area contributed by atoms with E-state index in [1.165, 1.54) is 6.07 Å². The van der Waals surface area contributed by atoms with Crippen LogP contribution in [-0.2, 0) is 6.54 Å². The van der Waals surface area contributed by atoms with Gasteiger partial charge >= 0.3 is 5.69 Å². The van der Waals surface area contributed by atoms with Crippen molar-refractivity contribution >= 4 is 5.69 Å². The van der Waals surface area contributed by atoms with E-state index in [-0.39, 0.29) is 11.2 Å². The van der Waals surface area contributed by atoms with E-state index in [2.05, 4.69) is 37.9 Å². The topological polar surface area (TPSA) is 64.4 Å². The molecule has 21 heavy (non-hydrogen) atoms. The molecule has 1 N–H and O–H groups in total. The molecule has 0 radical (unpaired) electrons. The van der Waals surface area contributed by atoms with Crippen LogP contribution in [0.2, 0.25) is 0 Å². The van der Waals surface area contributed by atoms with Gasteiger partial charge < -0.3 is 10.1 Å². The predicted octanol–water partition coefficient (Wildman–Crippen LogP) is 3.28. The third-order valence-corrected chi connectivity index (χ3v) is 2.71. The fraction of sp³-hybridized carbons (Fsp3) is 0.500. The normalized spacial score (nSPS) is 10.7. The zero-order valence-corrected chi connectivity index (χ0v) is 13.0. The van der Waals surface area contributed by atoms with Gasteiger partial charge in [0.05, 0.1) is 11.5 Å². The molecule has 1 rings (SSSR count). The molecular formula is C16H22N2O3. The Bertz CT molecular complexity index is 551. The van der Waals surface area contributed by atoms with Crippen LogP contribution < -0.4 is 10.1 Å². The van der Waals surface area contributed by atoms with Crippen LogP contribution in [0.25, 0.3) is 0 Å². The number of hydrogen-bond donors (Lipinski definition) is 1. The summed E-state index contributed by atoms with van der Waals surface area (Å²) >= 11 is 0. The number of benzene rings is 1. The molecule has 0 fully saturated rings. The van der Waals surface area contributed by atoms with Gasteiger partial charge in [0.25, 0.3) is 0 Å². The summed E-state index contributed by atoms with van der Waals surface area (Å²) in [5, 5.41) is 14.4. The Morgan fingerprint density at radius 2 is 2.10 bits per heavy atom. The van der Waals surface area contributed by atoms with Gasteiger partial charge in [-0.25, -0.2) is 0 Å². The molecule has 0 unspecified atom stereocenters. The zero-order valence-electron chi connectivity index (χ0n) is 13.0. The Kier molecular flexibility index (Phi) is 6.19. The van der Waals surface area contributed by atoms with E-state index in [9.17, 15) is 10.1 Å². The minimum Gasteiger partial charge on any atom is -0.486 e. The van der Waals surface area contributed by atoms with E-state index in [0.717, 1.165) is 5.56 Å². The molecule has 0 atom stereocenters. The first-order valence-corrected chi connectivity index (χ1v) is 6.88. The quantitative estimate of drug-likeness (QED) is 0.378. The molecular weight excluding hydrogens is 268 g/mol. The van der Waals surface area contributed by atoms with Gasteiger partial charge in [0.1, 0.15) is 0 Å². The summed E-state index contributed by atoms with van der Waals surface area (Å²) in [4.78, 5) is 10.6. The van der Waals surface area contributed by atoms with E-state index >= 15 is 0 Å². The minimum atomic E-state index is -0.429. The van der Waals surface area contributed by atoms with E-state index in [4.69, 9.17) is 4.74 Å². The van der Waals surface area contributed by atoms with Crippen LogP contribution in [0.5, 0.6) is 5.75 Å². The van der Waals surface area contributed by atoms with Gasteiger partial charge in [0.15, 0.2) is 5.75 Å². The molecule has 5 nitrogen and oxygen atoms in total. The average molecular weight is 290 g/mol.